The van der Waals surface area contributed by atoms with Gasteiger partial charge in [-0.25, -0.2) is 14.6 Å². The number of piperazine rings is 1. The van der Waals surface area contributed by atoms with Crippen LogP contribution < -0.4 is 15.8 Å². The van der Waals surface area contributed by atoms with Crippen LogP contribution in [0.3, 0.4) is 0 Å². The summed E-state index contributed by atoms with van der Waals surface area (Å²) in [4.78, 5) is 14.1. The minimum Gasteiger partial charge on any atom is -0.495 e. The molecule has 2 fully saturated rings. The molecule has 2 aliphatic rings. The highest BCUT2D eigenvalue weighted by Gasteiger charge is 2.30. The maximum Gasteiger partial charge on any atom is 0.164 e. The molecule has 0 radical (unpaired) electrons. The standard InChI is InChI=1S/C30H37ClN8O/c1-37-13-15-38(16-14-37)22-8-10-23(11-9-22)39-30-27(29(32)34-19-35-30)28(36-39)20-7-12-25(26(17-20)40-2)33-18-21-5-3-4-6-24(21)31/h3-7,12,17,19,22-23,33H,8-11,13-16,18H2,1-2H3,(H2,32,34,35). The number of anilines is 2. The van der Waals surface area contributed by atoms with Gasteiger partial charge in [-0.1, -0.05) is 35.9 Å². The SMILES string of the molecule is COc1cc(-c2nn(C3CCC(N4CCN(C)CC4)CC3)c3ncnc(N)c23)ccc1NCc1ccccc1Cl. The van der Waals surface area contributed by atoms with Crippen molar-refractivity contribution >= 4 is 34.1 Å². The Kier molecular flexibility index (Phi) is 7.78. The molecule has 3 N–H and O–H groups in total. The summed E-state index contributed by atoms with van der Waals surface area (Å²) in [7, 11) is 3.88. The molecule has 210 valence electrons. The number of halogens is 1. The summed E-state index contributed by atoms with van der Waals surface area (Å²) in [5.74, 6) is 1.16. The number of nitrogens with two attached hydrogens (primary N) is 1. The zero-order chi connectivity index (χ0) is 27.6. The molecule has 6 rings (SSSR count). The van der Waals surface area contributed by atoms with Gasteiger partial charge in [0.1, 0.15) is 23.6 Å². The van der Waals surface area contributed by atoms with E-state index in [1.165, 1.54) is 19.2 Å². The van der Waals surface area contributed by atoms with E-state index in [1.807, 2.05) is 42.5 Å². The van der Waals surface area contributed by atoms with Crippen LogP contribution in [0.25, 0.3) is 22.3 Å². The van der Waals surface area contributed by atoms with Crippen molar-refractivity contribution in [3.8, 4) is 17.0 Å². The average Bonchev–Trinajstić information content (AvgIpc) is 3.38. The smallest absolute Gasteiger partial charge is 0.164 e. The molecule has 1 aliphatic carbocycles. The molecule has 2 aromatic heterocycles. The van der Waals surface area contributed by atoms with E-state index >= 15 is 0 Å². The van der Waals surface area contributed by atoms with Crippen LogP contribution in [0.15, 0.2) is 48.8 Å². The number of hydrogen-bond acceptors (Lipinski definition) is 8. The fraction of sp³-hybridized carbons (Fsp3) is 0.433. The van der Waals surface area contributed by atoms with Gasteiger partial charge in [0, 0.05) is 49.4 Å². The predicted octanol–water partition coefficient (Wildman–Crippen LogP) is 5.08. The molecule has 0 atom stereocenters. The first-order chi connectivity index (χ1) is 19.5. The number of methoxy groups -OCH3 is 1. The van der Waals surface area contributed by atoms with Crippen molar-refractivity contribution < 1.29 is 4.74 Å². The predicted molar refractivity (Wildman–Crippen MR) is 161 cm³/mol. The number of fused-ring (bicyclic) bond motifs is 1. The van der Waals surface area contributed by atoms with E-state index in [2.05, 4.69) is 36.8 Å². The Morgan fingerprint density at radius 2 is 1.75 bits per heavy atom. The molecule has 2 aromatic carbocycles. The molecular formula is C30H37ClN8O. The van der Waals surface area contributed by atoms with E-state index in [0.29, 0.717) is 18.4 Å². The van der Waals surface area contributed by atoms with E-state index in [9.17, 15) is 0 Å². The first-order valence-corrected chi connectivity index (χ1v) is 14.5. The van der Waals surface area contributed by atoms with E-state index in [-0.39, 0.29) is 6.04 Å². The summed E-state index contributed by atoms with van der Waals surface area (Å²) in [6, 6.07) is 14.8. The molecule has 0 amide bonds. The second kappa shape index (κ2) is 11.6. The van der Waals surface area contributed by atoms with Crippen LogP contribution in [-0.4, -0.2) is 75.9 Å². The third kappa shape index (κ3) is 5.33. The number of nitrogens with one attached hydrogen (secondary N) is 1. The van der Waals surface area contributed by atoms with E-state index in [0.717, 1.165) is 83.3 Å². The highest BCUT2D eigenvalue weighted by Crippen LogP contribution is 2.39. The van der Waals surface area contributed by atoms with Gasteiger partial charge in [0.25, 0.3) is 0 Å². The van der Waals surface area contributed by atoms with Crippen LogP contribution in [0.2, 0.25) is 5.02 Å². The van der Waals surface area contributed by atoms with Gasteiger partial charge < -0.3 is 20.7 Å². The van der Waals surface area contributed by atoms with Gasteiger partial charge in [0.15, 0.2) is 5.65 Å². The van der Waals surface area contributed by atoms with Crippen LogP contribution in [0.1, 0.15) is 37.3 Å². The Morgan fingerprint density at radius 1 is 1.00 bits per heavy atom. The van der Waals surface area contributed by atoms with Gasteiger partial charge in [-0.3, -0.25) is 4.90 Å². The zero-order valence-electron chi connectivity index (χ0n) is 23.2. The quantitative estimate of drug-likeness (QED) is 0.323. The third-order valence-corrected chi connectivity index (χ3v) is 8.86. The molecule has 0 bridgehead atoms. The van der Waals surface area contributed by atoms with E-state index in [1.54, 1.807) is 7.11 Å². The van der Waals surface area contributed by atoms with Gasteiger partial charge >= 0.3 is 0 Å². The number of aromatic nitrogens is 4. The van der Waals surface area contributed by atoms with Gasteiger partial charge in [-0.15, -0.1) is 0 Å². The second-order valence-corrected chi connectivity index (χ2v) is 11.3. The summed E-state index contributed by atoms with van der Waals surface area (Å²) < 4.78 is 7.86. The first-order valence-electron chi connectivity index (χ1n) is 14.1. The Balaban J connectivity index is 1.25. The Morgan fingerprint density at radius 3 is 2.50 bits per heavy atom. The molecule has 3 heterocycles. The molecule has 0 unspecified atom stereocenters. The van der Waals surface area contributed by atoms with Crippen LogP contribution >= 0.6 is 11.6 Å². The number of likely N-dealkylation sites (N-methyl/N-ethyl adjacent to an activating group) is 1. The van der Waals surface area contributed by atoms with Crippen LogP contribution in [-0.2, 0) is 6.54 Å². The number of ether oxygens (including phenoxy) is 1. The van der Waals surface area contributed by atoms with Crippen molar-refractivity contribution in [3.05, 3.63) is 59.4 Å². The normalized spacial score (nSPS) is 20.6. The highest BCUT2D eigenvalue weighted by atomic mass is 35.5. The summed E-state index contributed by atoms with van der Waals surface area (Å²) in [6.45, 7) is 5.22. The zero-order valence-corrected chi connectivity index (χ0v) is 23.9. The lowest BCUT2D eigenvalue weighted by Crippen LogP contribution is -2.49. The van der Waals surface area contributed by atoms with Crippen molar-refractivity contribution in [1.29, 1.82) is 0 Å². The number of rotatable bonds is 7. The minimum atomic E-state index is 0.285. The number of nitrogens with zero attached hydrogens (tertiary/aromatic N) is 6. The molecular weight excluding hydrogens is 524 g/mol. The largest absolute Gasteiger partial charge is 0.495 e. The monoisotopic (exact) mass is 560 g/mol. The van der Waals surface area contributed by atoms with Gasteiger partial charge in [0.2, 0.25) is 0 Å². The molecule has 10 heteroatoms. The van der Waals surface area contributed by atoms with Crippen molar-refractivity contribution in [2.45, 2.75) is 44.3 Å². The van der Waals surface area contributed by atoms with Crippen LogP contribution in [0.4, 0.5) is 11.5 Å². The maximum atomic E-state index is 6.42. The maximum absolute atomic E-state index is 6.42. The van der Waals surface area contributed by atoms with Crippen LogP contribution in [0, 0.1) is 0 Å². The lowest BCUT2D eigenvalue weighted by Gasteiger charge is -2.41. The van der Waals surface area contributed by atoms with E-state index < -0.39 is 0 Å². The highest BCUT2D eigenvalue weighted by molar-refractivity contribution is 6.31. The number of benzene rings is 2. The summed E-state index contributed by atoms with van der Waals surface area (Å²) in [5.41, 5.74) is 10.8. The topological polar surface area (TPSA) is 97.4 Å². The van der Waals surface area contributed by atoms with Crippen molar-refractivity contribution in [2.24, 2.45) is 0 Å². The van der Waals surface area contributed by atoms with Gasteiger partial charge in [0.05, 0.1) is 24.2 Å². The number of nitrogen functional groups attached to an aromatic ring is 1. The van der Waals surface area contributed by atoms with Crippen molar-refractivity contribution in [1.82, 2.24) is 29.5 Å². The van der Waals surface area contributed by atoms with E-state index in [4.69, 9.17) is 27.2 Å². The van der Waals surface area contributed by atoms with Crippen molar-refractivity contribution in [3.63, 3.8) is 0 Å². The lowest BCUT2D eigenvalue weighted by atomic mass is 9.90. The summed E-state index contributed by atoms with van der Waals surface area (Å²) in [5, 5.41) is 10.1. The fourth-order valence-electron chi connectivity index (χ4n) is 6.12. The van der Waals surface area contributed by atoms with Crippen LogP contribution in [0.5, 0.6) is 5.75 Å². The third-order valence-electron chi connectivity index (χ3n) is 8.49. The fourth-order valence-corrected chi connectivity index (χ4v) is 6.33. The minimum absolute atomic E-state index is 0.285. The number of hydrogen-bond donors (Lipinski definition) is 2. The second-order valence-electron chi connectivity index (χ2n) is 10.9. The van der Waals surface area contributed by atoms with Gasteiger partial charge in [-0.2, -0.15) is 5.10 Å². The molecule has 0 spiro atoms. The Hall–Kier alpha value is -3.40. The first kappa shape index (κ1) is 26.8. The van der Waals surface area contributed by atoms with Gasteiger partial charge in [-0.05, 0) is 56.5 Å². The Bertz CT molecular complexity index is 1470. The molecule has 1 saturated carbocycles. The average molecular weight is 561 g/mol. The summed E-state index contributed by atoms with van der Waals surface area (Å²) >= 11 is 6.35. The molecule has 4 aromatic rings. The molecule has 9 nitrogen and oxygen atoms in total. The Labute approximate surface area is 240 Å². The lowest BCUT2D eigenvalue weighted by molar-refractivity contribution is 0.0815. The van der Waals surface area contributed by atoms with Crippen molar-refractivity contribution in [2.75, 3.05) is 51.4 Å². The summed E-state index contributed by atoms with van der Waals surface area (Å²) in [6.07, 6.45) is 6.03. The molecule has 1 aliphatic heterocycles. The molecule has 1 saturated heterocycles. The molecule has 40 heavy (non-hydrogen) atoms.